The van der Waals surface area contributed by atoms with E-state index in [1.165, 1.54) is 0 Å². The first kappa shape index (κ1) is 34.3. The Balaban J connectivity index is 1.60. The van der Waals surface area contributed by atoms with Crippen LogP contribution in [0.5, 0.6) is 5.75 Å². The molecule has 1 fully saturated rings. The van der Waals surface area contributed by atoms with Gasteiger partial charge in [0, 0.05) is 23.6 Å². The summed E-state index contributed by atoms with van der Waals surface area (Å²) in [7, 11) is 0. The fourth-order valence-corrected chi connectivity index (χ4v) is 4.59. The van der Waals surface area contributed by atoms with E-state index in [2.05, 4.69) is 9.47 Å². The Hall–Kier alpha value is -3.57. The smallest absolute Gasteiger partial charge is 0.429 e. The highest BCUT2D eigenvalue weighted by Gasteiger charge is 2.50. The van der Waals surface area contributed by atoms with E-state index < -0.39 is 99.9 Å². The Morgan fingerprint density at radius 2 is 1.13 bits per heavy atom. The third-order valence-corrected chi connectivity index (χ3v) is 6.42. The fourth-order valence-electron chi connectivity index (χ4n) is 4.59. The van der Waals surface area contributed by atoms with E-state index in [4.69, 9.17) is 9.47 Å². The zero-order valence-corrected chi connectivity index (χ0v) is 22.5. The van der Waals surface area contributed by atoms with Gasteiger partial charge in [-0.3, -0.25) is 0 Å². The number of halogens is 13. The van der Waals surface area contributed by atoms with Gasteiger partial charge in [-0.2, -0.15) is 17.6 Å². The van der Waals surface area contributed by atoms with Crippen molar-refractivity contribution in [1.29, 1.82) is 0 Å². The average Bonchev–Trinajstić information content (AvgIpc) is 2.86. The van der Waals surface area contributed by atoms with Crippen molar-refractivity contribution in [2.24, 2.45) is 5.92 Å². The highest BCUT2D eigenvalue weighted by molar-refractivity contribution is 5.66. The Bertz CT molecular complexity index is 1480. The molecule has 0 atom stereocenters. The normalized spacial score (nSPS) is 17.9. The molecule has 0 aromatic heterocycles. The van der Waals surface area contributed by atoms with Crippen molar-refractivity contribution in [3.63, 3.8) is 0 Å². The minimum Gasteiger partial charge on any atom is -0.429 e. The maximum Gasteiger partial charge on any atom is 0.527 e. The van der Waals surface area contributed by atoms with Gasteiger partial charge in [0.05, 0.1) is 18.8 Å². The van der Waals surface area contributed by atoms with Crippen molar-refractivity contribution >= 4 is 0 Å². The molecular weight excluding hydrogens is 647 g/mol. The molecule has 0 amide bonds. The molecule has 1 aliphatic rings. The molecule has 0 bridgehead atoms. The van der Waals surface area contributed by atoms with Crippen LogP contribution in [0.1, 0.15) is 42.7 Å². The van der Waals surface area contributed by atoms with Gasteiger partial charge in [-0.1, -0.05) is 13.3 Å². The summed E-state index contributed by atoms with van der Waals surface area (Å²) in [5, 5.41) is 0. The second-order valence-electron chi connectivity index (χ2n) is 9.77. The zero-order chi connectivity index (χ0) is 33.5. The van der Waals surface area contributed by atoms with Gasteiger partial charge in [0.2, 0.25) is 0 Å². The van der Waals surface area contributed by atoms with Gasteiger partial charge in [0.15, 0.2) is 6.29 Å². The van der Waals surface area contributed by atoms with Crippen molar-refractivity contribution in [3.8, 4) is 16.9 Å². The molecule has 0 spiro atoms. The maximum absolute atomic E-state index is 15.0. The summed E-state index contributed by atoms with van der Waals surface area (Å²) in [4.78, 5) is 0. The molecule has 0 N–H and O–H groups in total. The standard InChI is InChI=1S/C28H19F13O4/c1-2-3-12-10-42-25(43-11-12)14-6-16(29)22(17(30)7-14)13-4-18(31)23(19(32)5-13)26(35,36)44-15-8-20(33)24(21(34)9-15)27(37,38)45-28(39,40)41/h4-9,12,25H,2-3,10-11H2,1H3. The van der Waals surface area contributed by atoms with Crippen LogP contribution in [0, 0.1) is 40.8 Å². The monoisotopic (exact) mass is 666 g/mol. The van der Waals surface area contributed by atoms with Crippen LogP contribution in [-0.4, -0.2) is 19.6 Å². The van der Waals surface area contributed by atoms with Gasteiger partial charge < -0.3 is 14.2 Å². The largest absolute Gasteiger partial charge is 0.527 e. The van der Waals surface area contributed by atoms with Gasteiger partial charge in [0.1, 0.15) is 51.8 Å². The number of ether oxygens (including phenoxy) is 4. The second-order valence-corrected chi connectivity index (χ2v) is 9.77. The molecule has 3 aromatic carbocycles. The summed E-state index contributed by atoms with van der Waals surface area (Å²) in [6.07, 6.45) is -16.4. The van der Waals surface area contributed by atoms with Crippen molar-refractivity contribution in [3.05, 3.63) is 88.0 Å². The first-order valence-corrected chi connectivity index (χ1v) is 12.8. The average molecular weight is 666 g/mol. The molecule has 0 aliphatic carbocycles. The van der Waals surface area contributed by atoms with Crippen LogP contribution in [0.4, 0.5) is 57.1 Å². The van der Waals surface area contributed by atoms with Gasteiger partial charge in [-0.15, -0.1) is 13.2 Å². The molecular formula is C28H19F13O4. The molecule has 1 saturated heterocycles. The molecule has 17 heteroatoms. The van der Waals surface area contributed by atoms with E-state index in [1.807, 2.05) is 6.92 Å². The molecule has 45 heavy (non-hydrogen) atoms. The van der Waals surface area contributed by atoms with Crippen molar-refractivity contribution in [1.82, 2.24) is 0 Å². The summed E-state index contributed by atoms with van der Waals surface area (Å²) in [5.74, 6) is -13.8. The number of rotatable bonds is 9. The Labute approximate surface area is 245 Å². The first-order chi connectivity index (χ1) is 20.8. The predicted molar refractivity (Wildman–Crippen MR) is 127 cm³/mol. The first-order valence-electron chi connectivity index (χ1n) is 12.8. The number of hydrogen-bond acceptors (Lipinski definition) is 4. The SMILES string of the molecule is CCCC1COC(c2cc(F)c(-c3cc(F)c(C(F)(F)Oc4cc(F)c(C(F)(F)OC(F)(F)F)c(F)c4)c(F)c3)c(F)c2)OC1. The van der Waals surface area contributed by atoms with E-state index in [0.717, 1.165) is 25.0 Å². The van der Waals surface area contributed by atoms with Crippen LogP contribution in [0.15, 0.2) is 36.4 Å². The molecule has 1 aliphatic heterocycles. The molecule has 1 heterocycles. The lowest BCUT2D eigenvalue weighted by molar-refractivity contribution is -0.432. The molecule has 3 aromatic rings. The Morgan fingerprint density at radius 1 is 0.667 bits per heavy atom. The van der Waals surface area contributed by atoms with Gasteiger partial charge in [-0.05, 0) is 36.2 Å². The summed E-state index contributed by atoms with van der Waals surface area (Å²) in [5.41, 5.74) is -6.91. The number of benzene rings is 3. The minimum absolute atomic E-state index is 0.0619. The Morgan fingerprint density at radius 3 is 1.60 bits per heavy atom. The number of alkyl halides is 7. The third-order valence-electron chi connectivity index (χ3n) is 6.42. The molecule has 4 nitrogen and oxygen atoms in total. The molecule has 4 rings (SSSR count). The fraction of sp³-hybridized carbons (Fsp3) is 0.357. The van der Waals surface area contributed by atoms with E-state index >= 15 is 0 Å². The van der Waals surface area contributed by atoms with Crippen molar-refractivity contribution in [2.75, 3.05) is 13.2 Å². The lowest BCUT2D eigenvalue weighted by atomic mass is 9.99. The minimum atomic E-state index is -6.07. The van der Waals surface area contributed by atoms with Crippen LogP contribution < -0.4 is 4.74 Å². The van der Waals surface area contributed by atoms with E-state index in [1.54, 1.807) is 0 Å². The van der Waals surface area contributed by atoms with Gasteiger partial charge >= 0.3 is 18.6 Å². The van der Waals surface area contributed by atoms with Crippen LogP contribution in [-0.2, 0) is 26.4 Å². The summed E-state index contributed by atoms with van der Waals surface area (Å²) < 4.78 is 198. The predicted octanol–water partition coefficient (Wildman–Crippen LogP) is 9.36. The molecule has 0 unspecified atom stereocenters. The Kier molecular flexibility index (Phi) is 9.66. The van der Waals surface area contributed by atoms with E-state index in [0.29, 0.717) is 0 Å². The summed E-state index contributed by atoms with van der Waals surface area (Å²) in [6, 6.07) is 0.861. The molecule has 246 valence electrons. The highest BCUT2D eigenvalue weighted by atomic mass is 19.4. The van der Waals surface area contributed by atoms with E-state index in [-0.39, 0.29) is 36.8 Å². The summed E-state index contributed by atoms with van der Waals surface area (Å²) in [6.45, 7) is 2.42. The van der Waals surface area contributed by atoms with Crippen LogP contribution in [0.3, 0.4) is 0 Å². The summed E-state index contributed by atoms with van der Waals surface area (Å²) >= 11 is 0. The number of hydrogen-bond donors (Lipinski definition) is 0. The highest BCUT2D eigenvalue weighted by Crippen LogP contribution is 2.43. The third kappa shape index (κ3) is 7.64. The van der Waals surface area contributed by atoms with Crippen molar-refractivity contribution < 1.29 is 76.0 Å². The van der Waals surface area contributed by atoms with Crippen LogP contribution >= 0.6 is 0 Å². The maximum atomic E-state index is 15.0. The zero-order valence-electron chi connectivity index (χ0n) is 22.5. The lowest BCUT2D eigenvalue weighted by Crippen LogP contribution is -2.30. The lowest BCUT2D eigenvalue weighted by Gasteiger charge is -2.29. The van der Waals surface area contributed by atoms with Crippen molar-refractivity contribution in [2.45, 2.75) is 44.6 Å². The quantitative estimate of drug-likeness (QED) is 0.214. The van der Waals surface area contributed by atoms with Crippen LogP contribution in [0.25, 0.3) is 11.1 Å². The topological polar surface area (TPSA) is 36.9 Å². The molecule has 0 saturated carbocycles. The van der Waals surface area contributed by atoms with Gasteiger partial charge in [-0.25, -0.2) is 31.1 Å². The van der Waals surface area contributed by atoms with Crippen LogP contribution in [0.2, 0.25) is 0 Å². The molecule has 0 radical (unpaired) electrons. The van der Waals surface area contributed by atoms with Gasteiger partial charge in [0.25, 0.3) is 0 Å². The van der Waals surface area contributed by atoms with E-state index in [9.17, 15) is 57.1 Å². The second kappa shape index (κ2) is 12.7.